The minimum absolute atomic E-state index is 0.0334. The van der Waals surface area contributed by atoms with Gasteiger partial charge in [-0.25, -0.2) is 14.5 Å². The zero-order chi connectivity index (χ0) is 17.2. The average molecular weight is 347 g/mol. The van der Waals surface area contributed by atoms with Gasteiger partial charge in [0, 0.05) is 31.1 Å². The van der Waals surface area contributed by atoms with Crippen LogP contribution in [0.2, 0.25) is 0 Å². The highest BCUT2D eigenvalue weighted by atomic mass is 16.6. The molecule has 6 aliphatic rings. The summed E-state index contributed by atoms with van der Waals surface area (Å²) >= 11 is 0. The van der Waals surface area contributed by atoms with E-state index in [0.29, 0.717) is 19.6 Å². The second-order valence-corrected chi connectivity index (χ2v) is 8.96. The van der Waals surface area contributed by atoms with Crippen LogP contribution >= 0.6 is 0 Å². The Bertz CT molecular complexity index is 577. The number of urea groups is 1. The van der Waals surface area contributed by atoms with Crippen LogP contribution in [0.1, 0.15) is 38.5 Å². The van der Waals surface area contributed by atoms with E-state index in [1.54, 1.807) is 0 Å². The van der Waals surface area contributed by atoms with Gasteiger partial charge in [0.2, 0.25) is 0 Å². The molecule has 7 heteroatoms. The van der Waals surface area contributed by atoms with Gasteiger partial charge < -0.3 is 15.0 Å². The molecule has 4 aliphatic carbocycles. The SMILES string of the molecule is O=C(NC12CC3CC(CC(C3)C1)C2)N1CC(CN2C(=O)COC2=O)C1. The molecule has 0 aromatic rings. The first-order valence-corrected chi connectivity index (χ1v) is 9.54. The Labute approximate surface area is 147 Å². The summed E-state index contributed by atoms with van der Waals surface area (Å²) in [5.74, 6) is 2.31. The number of hydrogen-bond donors (Lipinski definition) is 1. The van der Waals surface area contributed by atoms with E-state index in [4.69, 9.17) is 4.74 Å². The van der Waals surface area contributed by atoms with Crippen molar-refractivity contribution in [2.24, 2.45) is 23.7 Å². The molecule has 7 nitrogen and oxygen atoms in total. The number of nitrogens with one attached hydrogen (secondary N) is 1. The molecule has 0 radical (unpaired) electrons. The third kappa shape index (κ3) is 2.59. The minimum Gasteiger partial charge on any atom is -0.439 e. The molecule has 6 fully saturated rings. The molecule has 1 N–H and O–H groups in total. The van der Waals surface area contributed by atoms with Crippen molar-refractivity contribution < 1.29 is 19.1 Å². The fraction of sp³-hybridized carbons (Fsp3) is 0.833. The molecule has 4 amide bonds. The summed E-state index contributed by atoms with van der Waals surface area (Å²) in [4.78, 5) is 38.7. The summed E-state index contributed by atoms with van der Waals surface area (Å²) in [7, 11) is 0. The zero-order valence-electron chi connectivity index (χ0n) is 14.4. The monoisotopic (exact) mass is 347 g/mol. The van der Waals surface area contributed by atoms with Gasteiger partial charge in [0.15, 0.2) is 6.61 Å². The number of imide groups is 1. The van der Waals surface area contributed by atoms with Crippen molar-refractivity contribution in [3.05, 3.63) is 0 Å². The second-order valence-electron chi connectivity index (χ2n) is 8.96. The quantitative estimate of drug-likeness (QED) is 0.841. The predicted octanol–water partition coefficient (Wildman–Crippen LogP) is 1.58. The van der Waals surface area contributed by atoms with E-state index < -0.39 is 6.09 Å². The molecule has 0 spiro atoms. The largest absolute Gasteiger partial charge is 0.439 e. The first kappa shape index (κ1) is 15.5. The summed E-state index contributed by atoms with van der Waals surface area (Å²) in [6, 6.07) is 0.0357. The number of nitrogens with zero attached hydrogens (tertiary/aromatic N) is 2. The zero-order valence-corrected chi connectivity index (χ0v) is 14.4. The lowest BCUT2D eigenvalue weighted by atomic mass is 9.53. The van der Waals surface area contributed by atoms with Crippen molar-refractivity contribution in [2.75, 3.05) is 26.2 Å². The van der Waals surface area contributed by atoms with Crippen molar-refractivity contribution in [1.29, 1.82) is 0 Å². The number of amides is 4. The third-order valence-corrected chi connectivity index (χ3v) is 6.94. The molecular weight excluding hydrogens is 322 g/mol. The number of hydrogen-bond acceptors (Lipinski definition) is 4. The molecule has 0 aromatic heterocycles. The fourth-order valence-electron chi connectivity index (χ4n) is 6.24. The maximum Gasteiger partial charge on any atom is 0.417 e. The molecule has 2 aliphatic heterocycles. The molecular formula is C18H25N3O4. The Hall–Kier alpha value is -1.79. The van der Waals surface area contributed by atoms with Crippen LogP contribution in [0.3, 0.4) is 0 Å². The fourth-order valence-corrected chi connectivity index (χ4v) is 6.24. The maximum absolute atomic E-state index is 12.7. The van der Waals surface area contributed by atoms with Crippen molar-refractivity contribution in [1.82, 2.24) is 15.1 Å². The molecule has 25 heavy (non-hydrogen) atoms. The van der Waals surface area contributed by atoms with Gasteiger partial charge >= 0.3 is 12.1 Å². The van der Waals surface area contributed by atoms with E-state index >= 15 is 0 Å². The van der Waals surface area contributed by atoms with E-state index in [1.807, 2.05) is 4.90 Å². The lowest BCUT2D eigenvalue weighted by molar-refractivity contribution is -0.126. The number of likely N-dealkylation sites (tertiary alicyclic amines) is 1. The van der Waals surface area contributed by atoms with Crippen molar-refractivity contribution in [3.63, 3.8) is 0 Å². The van der Waals surface area contributed by atoms with E-state index in [9.17, 15) is 14.4 Å². The second kappa shape index (κ2) is 5.35. The summed E-state index contributed by atoms with van der Waals surface area (Å²) < 4.78 is 4.72. The van der Waals surface area contributed by atoms with Crippen LogP contribution in [0.5, 0.6) is 0 Å². The number of rotatable bonds is 3. The van der Waals surface area contributed by atoms with Crippen molar-refractivity contribution in [2.45, 2.75) is 44.1 Å². The molecule has 2 heterocycles. The Kier molecular flexibility index (Phi) is 3.31. The van der Waals surface area contributed by atoms with Crippen LogP contribution in [-0.4, -0.2) is 59.6 Å². The summed E-state index contributed by atoms with van der Waals surface area (Å²) in [5, 5.41) is 3.37. The highest BCUT2D eigenvalue weighted by molar-refractivity contribution is 5.97. The Morgan fingerprint density at radius 1 is 1.08 bits per heavy atom. The van der Waals surface area contributed by atoms with Crippen LogP contribution < -0.4 is 5.32 Å². The predicted molar refractivity (Wildman–Crippen MR) is 87.6 cm³/mol. The number of cyclic esters (lactones) is 1. The standard InChI is InChI=1S/C18H25N3O4/c22-15-10-25-17(24)21(15)9-14-7-20(8-14)16(23)19-18-4-11-1-12(5-18)3-13(2-11)6-18/h11-14H,1-10H2,(H,19,23). The lowest BCUT2D eigenvalue weighted by Gasteiger charge is -2.57. The van der Waals surface area contributed by atoms with Gasteiger partial charge in [0.25, 0.3) is 5.91 Å². The van der Waals surface area contributed by atoms with Gasteiger partial charge in [0.05, 0.1) is 0 Å². The van der Waals surface area contributed by atoms with Crippen LogP contribution in [-0.2, 0) is 9.53 Å². The van der Waals surface area contributed by atoms with Gasteiger partial charge in [-0.3, -0.25) is 4.79 Å². The summed E-state index contributed by atoms with van der Waals surface area (Å²) in [5.41, 5.74) is 0.0334. The van der Waals surface area contributed by atoms with E-state index in [2.05, 4.69) is 5.32 Å². The van der Waals surface area contributed by atoms with E-state index in [0.717, 1.165) is 37.0 Å². The summed E-state index contributed by atoms with van der Waals surface area (Å²) in [6.45, 7) is 1.42. The average Bonchev–Trinajstić information content (AvgIpc) is 2.79. The molecule has 0 aromatic carbocycles. The van der Waals surface area contributed by atoms with Gasteiger partial charge in [-0.05, 0) is 56.3 Å². The van der Waals surface area contributed by atoms with Crippen LogP contribution in [0, 0.1) is 23.7 Å². The van der Waals surface area contributed by atoms with E-state index in [1.165, 1.54) is 24.2 Å². The topological polar surface area (TPSA) is 79.0 Å². The molecule has 136 valence electrons. The maximum atomic E-state index is 12.7. The van der Waals surface area contributed by atoms with Gasteiger partial charge in [-0.1, -0.05) is 0 Å². The minimum atomic E-state index is -0.554. The molecule has 0 unspecified atom stereocenters. The first-order valence-electron chi connectivity index (χ1n) is 9.54. The third-order valence-electron chi connectivity index (χ3n) is 6.94. The smallest absolute Gasteiger partial charge is 0.417 e. The molecule has 0 atom stereocenters. The lowest BCUT2D eigenvalue weighted by Crippen LogP contribution is -2.65. The Morgan fingerprint density at radius 3 is 2.20 bits per heavy atom. The normalized spacial score (nSPS) is 39.6. The molecule has 2 saturated heterocycles. The van der Waals surface area contributed by atoms with Gasteiger partial charge in [0.1, 0.15) is 0 Å². The van der Waals surface area contributed by atoms with Crippen molar-refractivity contribution >= 4 is 18.0 Å². The van der Waals surface area contributed by atoms with Gasteiger partial charge in [-0.2, -0.15) is 0 Å². The summed E-state index contributed by atoms with van der Waals surface area (Å²) in [6.07, 6.45) is 6.98. The Morgan fingerprint density at radius 2 is 1.68 bits per heavy atom. The molecule has 4 bridgehead atoms. The van der Waals surface area contributed by atoms with E-state index in [-0.39, 0.29) is 30.0 Å². The van der Waals surface area contributed by atoms with Crippen LogP contribution in [0.15, 0.2) is 0 Å². The molecule has 4 saturated carbocycles. The van der Waals surface area contributed by atoms with Gasteiger partial charge in [-0.15, -0.1) is 0 Å². The first-order chi connectivity index (χ1) is 12.0. The highest BCUT2D eigenvalue weighted by Gasteiger charge is 2.52. The molecule has 6 rings (SSSR count). The highest BCUT2D eigenvalue weighted by Crippen LogP contribution is 2.55. The number of carbonyl (C=O) groups is 3. The van der Waals surface area contributed by atoms with Crippen molar-refractivity contribution in [3.8, 4) is 0 Å². The number of ether oxygens (including phenoxy) is 1. The Balaban J connectivity index is 1.15. The van der Waals surface area contributed by atoms with Crippen LogP contribution in [0.25, 0.3) is 0 Å². The van der Waals surface area contributed by atoms with Crippen LogP contribution in [0.4, 0.5) is 9.59 Å². The number of carbonyl (C=O) groups excluding carboxylic acids is 3.